The van der Waals surface area contributed by atoms with Gasteiger partial charge in [0.25, 0.3) is 0 Å². The van der Waals surface area contributed by atoms with Gasteiger partial charge in [0.1, 0.15) is 0 Å². The van der Waals surface area contributed by atoms with Crippen LogP contribution in [0, 0.1) is 11.6 Å². The van der Waals surface area contributed by atoms with Gasteiger partial charge in [-0.2, -0.15) is 4.39 Å². The monoisotopic (exact) mass is 374 g/mol. The summed E-state index contributed by atoms with van der Waals surface area (Å²) in [6.45, 7) is 4.83. The standard InChI is InChI=1S/C23H28F2O2/c1-3-4-9-18-10-12-19(13-11-18)20-14-15-21(23(25)22(20)24)27-17-8-6-5-7-16-26-2/h3,10-15H,1,4-9,16-17H2,2H3. The van der Waals surface area contributed by atoms with E-state index in [1.807, 2.05) is 30.3 Å². The predicted octanol–water partition coefficient (Wildman–Crippen LogP) is 6.34. The summed E-state index contributed by atoms with van der Waals surface area (Å²) in [5, 5.41) is 0. The Morgan fingerprint density at radius 2 is 1.59 bits per heavy atom. The van der Waals surface area contributed by atoms with Crippen LogP contribution in [0.15, 0.2) is 49.1 Å². The summed E-state index contributed by atoms with van der Waals surface area (Å²) in [6, 6.07) is 10.6. The first kappa shape index (κ1) is 21.1. The number of unbranched alkanes of at least 4 members (excludes halogenated alkanes) is 3. The Kier molecular flexibility index (Phi) is 8.99. The minimum atomic E-state index is -0.928. The third-order valence-electron chi connectivity index (χ3n) is 4.45. The van der Waals surface area contributed by atoms with Crippen LogP contribution < -0.4 is 4.74 Å². The average molecular weight is 374 g/mol. The highest BCUT2D eigenvalue weighted by Gasteiger charge is 2.15. The highest BCUT2D eigenvalue weighted by Crippen LogP contribution is 2.30. The Morgan fingerprint density at radius 3 is 2.26 bits per heavy atom. The van der Waals surface area contributed by atoms with Crippen molar-refractivity contribution in [2.24, 2.45) is 0 Å². The second-order valence-electron chi connectivity index (χ2n) is 6.52. The average Bonchev–Trinajstić information content (AvgIpc) is 2.69. The van der Waals surface area contributed by atoms with Crippen molar-refractivity contribution < 1.29 is 18.3 Å². The summed E-state index contributed by atoms with van der Waals surface area (Å²) in [6.07, 6.45) is 7.46. The molecule has 2 nitrogen and oxygen atoms in total. The van der Waals surface area contributed by atoms with E-state index in [9.17, 15) is 8.78 Å². The van der Waals surface area contributed by atoms with Gasteiger partial charge in [0.05, 0.1) is 6.61 Å². The molecule has 0 aliphatic heterocycles. The van der Waals surface area contributed by atoms with E-state index < -0.39 is 11.6 Å². The molecule has 0 unspecified atom stereocenters. The lowest BCUT2D eigenvalue weighted by atomic mass is 10.0. The number of rotatable bonds is 12. The maximum absolute atomic E-state index is 14.5. The van der Waals surface area contributed by atoms with Crippen LogP contribution in [0.3, 0.4) is 0 Å². The maximum Gasteiger partial charge on any atom is 0.201 e. The molecule has 0 N–H and O–H groups in total. The molecule has 0 spiro atoms. The van der Waals surface area contributed by atoms with Crippen LogP contribution in [0.2, 0.25) is 0 Å². The van der Waals surface area contributed by atoms with Crippen molar-refractivity contribution in [1.82, 2.24) is 0 Å². The van der Waals surface area contributed by atoms with Crippen LogP contribution in [0.5, 0.6) is 5.75 Å². The van der Waals surface area contributed by atoms with Crippen molar-refractivity contribution in [3.63, 3.8) is 0 Å². The summed E-state index contributed by atoms with van der Waals surface area (Å²) >= 11 is 0. The highest BCUT2D eigenvalue weighted by molar-refractivity contribution is 5.65. The highest BCUT2D eigenvalue weighted by atomic mass is 19.2. The number of aryl methyl sites for hydroxylation is 1. The molecule has 0 amide bonds. The van der Waals surface area contributed by atoms with E-state index in [1.165, 1.54) is 6.07 Å². The molecule has 146 valence electrons. The normalized spacial score (nSPS) is 10.8. The van der Waals surface area contributed by atoms with Crippen LogP contribution in [0.1, 0.15) is 37.7 Å². The number of hydrogen-bond donors (Lipinski definition) is 0. The summed E-state index contributed by atoms with van der Waals surface area (Å²) in [7, 11) is 1.68. The summed E-state index contributed by atoms with van der Waals surface area (Å²) in [5.74, 6) is -1.83. The first-order valence-corrected chi connectivity index (χ1v) is 9.47. The van der Waals surface area contributed by atoms with Gasteiger partial charge in [0.2, 0.25) is 5.82 Å². The van der Waals surface area contributed by atoms with Gasteiger partial charge in [-0.3, -0.25) is 0 Å². The smallest absolute Gasteiger partial charge is 0.201 e. The molecule has 2 rings (SSSR count). The van der Waals surface area contributed by atoms with E-state index in [0.717, 1.165) is 50.7 Å². The molecule has 2 aromatic rings. The van der Waals surface area contributed by atoms with Crippen LogP contribution in [-0.4, -0.2) is 20.3 Å². The van der Waals surface area contributed by atoms with Gasteiger partial charge in [0.15, 0.2) is 11.6 Å². The molecule has 0 radical (unpaired) electrons. The van der Waals surface area contributed by atoms with E-state index in [-0.39, 0.29) is 11.3 Å². The van der Waals surface area contributed by atoms with E-state index in [0.29, 0.717) is 12.2 Å². The van der Waals surface area contributed by atoms with Crippen molar-refractivity contribution >= 4 is 0 Å². The van der Waals surface area contributed by atoms with Crippen molar-refractivity contribution in [2.75, 3.05) is 20.3 Å². The Morgan fingerprint density at radius 1 is 0.889 bits per heavy atom. The summed E-state index contributed by atoms with van der Waals surface area (Å²) in [4.78, 5) is 0. The lowest BCUT2D eigenvalue weighted by Gasteiger charge is -2.11. The van der Waals surface area contributed by atoms with Gasteiger partial charge < -0.3 is 9.47 Å². The second-order valence-corrected chi connectivity index (χ2v) is 6.52. The lowest BCUT2D eigenvalue weighted by Crippen LogP contribution is -2.02. The zero-order valence-electron chi connectivity index (χ0n) is 16.0. The first-order chi connectivity index (χ1) is 13.2. The molecule has 0 saturated carbocycles. The third-order valence-corrected chi connectivity index (χ3v) is 4.45. The minimum absolute atomic E-state index is 0.0317. The molecule has 0 heterocycles. The largest absolute Gasteiger partial charge is 0.490 e. The topological polar surface area (TPSA) is 18.5 Å². The third kappa shape index (κ3) is 6.47. The van der Waals surface area contributed by atoms with Crippen LogP contribution in [-0.2, 0) is 11.2 Å². The fourth-order valence-corrected chi connectivity index (χ4v) is 2.87. The number of methoxy groups -OCH3 is 1. The molecule has 2 aromatic carbocycles. The number of benzene rings is 2. The molecule has 0 bridgehead atoms. The fraction of sp³-hybridized carbons (Fsp3) is 0.391. The summed E-state index contributed by atoms with van der Waals surface area (Å²) in [5.41, 5.74) is 2.04. The molecule has 0 aromatic heterocycles. The van der Waals surface area contributed by atoms with E-state index in [4.69, 9.17) is 9.47 Å². The van der Waals surface area contributed by atoms with E-state index in [1.54, 1.807) is 13.2 Å². The lowest BCUT2D eigenvalue weighted by molar-refractivity contribution is 0.190. The molecule has 4 heteroatoms. The molecule has 0 atom stereocenters. The molecular formula is C23H28F2O2. The van der Waals surface area contributed by atoms with Gasteiger partial charge in [-0.15, -0.1) is 6.58 Å². The van der Waals surface area contributed by atoms with Crippen LogP contribution in [0.4, 0.5) is 8.78 Å². The molecule has 0 fully saturated rings. The van der Waals surface area contributed by atoms with Gasteiger partial charge in [-0.05, 0) is 55.4 Å². The number of ether oxygens (including phenoxy) is 2. The Hall–Kier alpha value is -2.20. The Bertz CT molecular complexity index is 711. The quantitative estimate of drug-likeness (QED) is 0.319. The number of hydrogen-bond acceptors (Lipinski definition) is 2. The first-order valence-electron chi connectivity index (χ1n) is 9.47. The van der Waals surface area contributed by atoms with Crippen molar-refractivity contribution in [3.05, 3.63) is 66.3 Å². The van der Waals surface area contributed by atoms with Crippen LogP contribution >= 0.6 is 0 Å². The summed E-state index contributed by atoms with van der Waals surface area (Å²) < 4.78 is 39.2. The van der Waals surface area contributed by atoms with Crippen molar-refractivity contribution in [3.8, 4) is 16.9 Å². The number of allylic oxidation sites excluding steroid dienone is 1. The van der Waals surface area contributed by atoms with Crippen LogP contribution in [0.25, 0.3) is 11.1 Å². The maximum atomic E-state index is 14.5. The minimum Gasteiger partial charge on any atom is -0.490 e. The van der Waals surface area contributed by atoms with Gasteiger partial charge in [0, 0.05) is 19.3 Å². The Balaban J connectivity index is 1.94. The zero-order valence-corrected chi connectivity index (χ0v) is 16.0. The van der Waals surface area contributed by atoms with Crippen molar-refractivity contribution in [2.45, 2.75) is 38.5 Å². The SMILES string of the molecule is C=CCCc1ccc(-c2ccc(OCCCCCCOC)c(F)c2F)cc1. The predicted molar refractivity (Wildman–Crippen MR) is 106 cm³/mol. The van der Waals surface area contributed by atoms with Gasteiger partial charge in [-0.25, -0.2) is 4.39 Å². The van der Waals surface area contributed by atoms with Gasteiger partial charge >= 0.3 is 0 Å². The molecular weight excluding hydrogens is 346 g/mol. The number of halogens is 2. The molecule has 0 aliphatic carbocycles. The second kappa shape index (κ2) is 11.5. The fourth-order valence-electron chi connectivity index (χ4n) is 2.87. The molecule has 0 aliphatic rings. The van der Waals surface area contributed by atoms with Crippen molar-refractivity contribution in [1.29, 1.82) is 0 Å². The van der Waals surface area contributed by atoms with E-state index in [2.05, 4.69) is 6.58 Å². The molecule has 27 heavy (non-hydrogen) atoms. The van der Waals surface area contributed by atoms with Gasteiger partial charge in [-0.1, -0.05) is 36.8 Å². The Labute approximate surface area is 160 Å². The molecule has 0 saturated heterocycles. The zero-order chi connectivity index (χ0) is 19.5. The van der Waals surface area contributed by atoms with E-state index >= 15 is 0 Å².